The van der Waals surface area contributed by atoms with Crippen molar-refractivity contribution in [2.75, 3.05) is 6.61 Å². The van der Waals surface area contributed by atoms with Crippen LogP contribution in [-0.2, 0) is 9.63 Å². The van der Waals surface area contributed by atoms with Gasteiger partial charge in [0.1, 0.15) is 12.3 Å². The van der Waals surface area contributed by atoms with Gasteiger partial charge in [0.25, 0.3) is 5.91 Å². The number of nitrogens with zero attached hydrogens (tertiary/aromatic N) is 1. The summed E-state index contributed by atoms with van der Waals surface area (Å²) < 4.78 is 0. The van der Waals surface area contributed by atoms with E-state index in [9.17, 15) is 4.79 Å². The SMILES string of the molecule is CCO/N=C(/CC)C(N)=O. The molecule has 0 aliphatic carbocycles. The Morgan fingerprint density at radius 2 is 2.20 bits per heavy atom. The van der Waals surface area contributed by atoms with Crippen molar-refractivity contribution in [3.8, 4) is 0 Å². The number of amides is 1. The van der Waals surface area contributed by atoms with Crippen molar-refractivity contribution in [1.29, 1.82) is 0 Å². The second-order valence-corrected chi connectivity index (χ2v) is 1.67. The van der Waals surface area contributed by atoms with Gasteiger partial charge in [0, 0.05) is 0 Å². The Bertz CT molecular complexity index is 143. The predicted molar refractivity (Wildman–Crippen MR) is 38.5 cm³/mol. The number of primary amides is 1. The Balaban J connectivity index is 3.91. The lowest BCUT2D eigenvalue weighted by atomic mass is 10.3. The summed E-state index contributed by atoms with van der Waals surface area (Å²) in [5.41, 5.74) is 5.22. The number of hydrogen-bond acceptors (Lipinski definition) is 3. The van der Waals surface area contributed by atoms with Crippen LogP contribution in [0, 0.1) is 0 Å². The number of carbonyl (C=O) groups is 1. The molecule has 0 bridgehead atoms. The van der Waals surface area contributed by atoms with Crippen LogP contribution in [-0.4, -0.2) is 18.2 Å². The van der Waals surface area contributed by atoms with Crippen molar-refractivity contribution in [2.24, 2.45) is 10.9 Å². The van der Waals surface area contributed by atoms with Crippen LogP contribution < -0.4 is 5.73 Å². The highest BCUT2D eigenvalue weighted by Gasteiger charge is 2.02. The Hall–Kier alpha value is -1.06. The molecule has 0 rings (SSSR count). The summed E-state index contributed by atoms with van der Waals surface area (Å²) in [4.78, 5) is 15.1. The normalized spacial score (nSPS) is 11.2. The van der Waals surface area contributed by atoms with Crippen molar-refractivity contribution in [3.05, 3.63) is 0 Å². The van der Waals surface area contributed by atoms with Crippen LogP contribution in [0.25, 0.3) is 0 Å². The van der Waals surface area contributed by atoms with Gasteiger partial charge in [-0.05, 0) is 13.3 Å². The van der Waals surface area contributed by atoms with Crippen molar-refractivity contribution < 1.29 is 9.63 Å². The summed E-state index contributed by atoms with van der Waals surface area (Å²) in [5, 5.41) is 3.50. The molecule has 0 aliphatic rings. The van der Waals surface area contributed by atoms with Gasteiger partial charge in [0.05, 0.1) is 0 Å². The van der Waals surface area contributed by atoms with Crippen LogP contribution in [0.4, 0.5) is 0 Å². The predicted octanol–water partition coefficient (Wildman–Crippen LogP) is 0.274. The quantitative estimate of drug-likeness (QED) is 0.454. The molecule has 0 saturated carbocycles. The molecule has 4 nitrogen and oxygen atoms in total. The molecule has 10 heavy (non-hydrogen) atoms. The molecule has 0 atom stereocenters. The maximum Gasteiger partial charge on any atom is 0.266 e. The monoisotopic (exact) mass is 144 g/mol. The fourth-order valence-corrected chi connectivity index (χ4v) is 0.426. The first-order valence-corrected chi connectivity index (χ1v) is 3.21. The topological polar surface area (TPSA) is 64.7 Å². The number of carbonyl (C=O) groups excluding carboxylic acids is 1. The van der Waals surface area contributed by atoms with Gasteiger partial charge in [0.15, 0.2) is 0 Å². The lowest BCUT2D eigenvalue weighted by molar-refractivity contribution is -0.112. The number of rotatable bonds is 4. The Kier molecular flexibility index (Phi) is 4.28. The standard InChI is InChI=1S/C6H12N2O2/c1-3-5(6(7)9)8-10-4-2/h3-4H2,1-2H3,(H2,7,9)/b8-5-. The van der Waals surface area contributed by atoms with Crippen LogP contribution in [0.2, 0.25) is 0 Å². The van der Waals surface area contributed by atoms with E-state index >= 15 is 0 Å². The van der Waals surface area contributed by atoms with E-state index in [1.807, 2.05) is 0 Å². The molecule has 0 radical (unpaired) electrons. The highest BCUT2D eigenvalue weighted by molar-refractivity contribution is 6.38. The first-order chi connectivity index (χ1) is 4.72. The number of oxime groups is 1. The van der Waals surface area contributed by atoms with Crippen LogP contribution >= 0.6 is 0 Å². The lowest BCUT2D eigenvalue weighted by Crippen LogP contribution is -2.22. The zero-order valence-corrected chi connectivity index (χ0v) is 6.26. The second-order valence-electron chi connectivity index (χ2n) is 1.67. The zero-order valence-electron chi connectivity index (χ0n) is 6.26. The highest BCUT2D eigenvalue weighted by atomic mass is 16.6. The van der Waals surface area contributed by atoms with E-state index in [0.29, 0.717) is 13.0 Å². The fourth-order valence-electron chi connectivity index (χ4n) is 0.426. The summed E-state index contributed by atoms with van der Waals surface area (Å²) in [6, 6.07) is 0. The largest absolute Gasteiger partial charge is 0.396 e. The molecule has 0 saturated heterocycles. The average Bonchev–Trinajstić information content (AvgIpc) is 1.89. The van der Waals surface area contributed by atoms with E-state index in [-0.39, 0.29) is 5.71 Å². The molecule has 58 valence electrons. The van der Waals surface area contributed by atoms with Gasteiger partial charge < -0.3 is 10.6 Å². The van der Waals surface area contributed by atoms with E-state index < -0.39 is 5.91 Å². The molecule has 1 amide bonds. The van der Waals surface area contributed by atoms with Crippen LogP contribution in [0.1, 0.15) is 20.3 Å². The van der Waals surface area contributed by atoms with E-state index in [1.165, 1.54) is 0 Å². The van der Waals surface area contributed by atoms with Gasteiger partial charge in [-0.15, -0.1) is 0 Å². The Labute approximate surface area is 60.0 Å². The van der Waals surface area contributed by atoms with Gasteiger partial charge in [-0.3, -0.25) is 4.79 Å². The molecule has 0 aromatic carbocycles. The maximum absolute atomic E-state index is 10.4. The molecule has 0 spiro atoms. The van der Waals surface area contributed by atoms with Gasteiger partial charge in [0.2, 0.25) is 0 Å². The molecule has 0 aliphatic heterocycles. The molecule has 0 aromatic rings. The Morgan fingerprint density at radius 1 is 1.60 bits per heavy atom. The molecule has 0 unspecified atom stereocenters. The van der Waals surface area contributed by atoms with Gasteiger partial charge in [-0.2, -0.15) is 0 Å². The average molecular weight is 144 g/mol. The molecule has 4 heteroatoms. The molecule has 0 heterocycles. The third-order valence-corrected chi connectivity index (χ3v) is 0.923. The van der Waals surface area contributed by atoms with Gasteiger partial charge in [-0.1, -0.05) is 12.1 Å². The first-order valence-electron chi connectivity index (χ1n) is 3.21. The third kappa shape index (κ3) is 3.06. The summed E-state index contributed by atoms with van der Waals surface area (Å²) in [7, 11) is 0. The van der Waals surface area contributed by atoms with Crippen LogP contribution in [0.15, 0.2) is 5.16 Å². The number of hydrogen-bond donors (Lipinski definition) is 1. The minimum atomic E-state index is -0.518. The first kappa shape index (κ1) is 8.94. The smallest absolute Gasteiger partial charge is 0.266 e. The van der Waals surface area contributed by atoms with Crippen molar-refractivity contribution >= 4 is 11.6 Å². The molecular formula is C6H12N2O2. The van der Waals surface area contributed by atoms with Gasteiger partial charge in [-0.25, -0.2) is 0 Å². The molecule has 0 aromatic heterocycles. The third-order valence-electron chi connectivity index (χ3n) is 0.923. The molecular weight excluding hydrogens is 132 g/mol. The van der Waals surface area contributed by atoms with E-state index in [4.69, 9.17) is 5.73 Å². The van der Waals surface area contributed by atoms with Crippen LogP contribution in [0.3, 0.4) is 0 Å². The van der Waals surface area contributed by atoms with Crippen molar-refractivity contribution in [3.63, 3.8) is 0 Å². The van der Waals surface area contributed by atoms with E-state index in [0.717, 1.165) is 0 Å². The number of nitrogens with two attached hydrogens (primary N) is 1. The Morgan fingerprint density at radius 3 is 2.50 bits per heavy atom. The summed E-state index contributed by atoms with van der Waals surface area (Å²) in [6.07, 6.45) is 0.509. The minimum Gasteiger partial charge on any atom is -0.396 e. The second kappa shape index (κ2) is 4.78. The minimum absolute atomic E-state index is 0.279. The van der Waals surface area contributed by atoms with Crippen LogP contribution in [0.5, 0.6) is 0 Å². The lowest BCUT2D eigenvalue weighted by Gasteiger charge is -1.96. The zero-order chi connectivity index (χ0) is 7.98. The van der Waals surface area contributed by atoms with E-state index in [2.05, 4.69) is 9.99 Å². The van der Waals surface area contributed by atoms with Crippen molar-refractivity contribution in [2.45, 2.75) is 20.3 Å². The van der Waals surface area contributed by atoms with Gasteiger partial charge >= 0.3 is 0 Å². The van der Waals surface area contributed by atoms with E-state index in [1.54, 1.807) is 13.8 Å². The summed E-state index contributed by atoms with van der Waals surface area (Å²) in [5.74, 6) is -0.518. The summed E-state index contributed by atoms with van der Waals surface area (Å²) in [6.45, 7) is 4.04. The highest BCUT2D eigenvalue weighted by Crippen LogP contribution is 1.86. The fraction of sp³-hybridized carbons (Fsp3) is 0.667. The maximum atomic E-state index is 10.4. The van der Waals surface area contributed by atoms with Crippen molar-refractivity contribution in [1.82, 2.24) is 0 Å². The molecule has 0 fully saturated rings. The molecule has 2 N–H and O–H groups in total. The summed E-state index contributed by atoms with van der Waals surface area (Å²) >= 11 is 0.